The van der Waals surface area contributed by atoms with Crippen molar-refractivity contribution in [1.82, 2.24) is 14.7 Å². The summed E-state index contributed by atoms with van der Waals surface area (Å²) in [4.78, 5) is 2.28. The topological polar surface area (TPSA) is 59.8 Å². The molecule has 0 saturated carbocycles. The van der Waals surface area contributed by atoms with E-state index in [9.17, 15) is 9.50 Å². The lowest BCUT2D eigenvalue weighted by atomic mass is 10.1. The molecule has 1 fully saturated rings. The van der Waals surface area contributed by atoms with E-state index in [0.29, 0.717) is 24.7 Å². The Balaban J connectivity index is 1.69. The van der Waals surface area contributed by atoms with Gasteiger partial charge in [0.25, 0.3) is 0 Å². The van der Waals surface area contributed by atoms with Crippen LogP contribution < -0.4 is 4.74 Å². The second-order valence-electron chi connectivity index (χ2n) is 9.51. The number of hydrogen-bond acceptors (Lipinski definition) is 5. The zero-order chi connectivity index (χ0) is 25.3. The summed E-state index contributed by atoms with van der Waals surface area (Å²) in [6.07, 6.45) is 5.44. The van der Waals surface area contributed by atoms with Crippen LogP contribution in [0.5, 0.6) is 11.6 Å². The maximum absolute atomic E-state index is 13.6. The van der Waals surface area contributed by atoms with Crippen LogP contribution in [0.2, 0.25) is 0 Å². The SMILES string of the molecule is CCCC[C@H](O)CN(Cc1c(CC)nn(-c2ccccc2)c1Oc1ccc(F)cc1)C[C@H]1CCCO1. The molecule has 0 unspecified atom stereocenters. The predicted molar refractivity (Wildman–Crippen MR) is 139 cm³/mol. The van der Waals surface area contributed by atoms with E-state index in [-0.39, 0.29) is 11.9 Å². The molecule has 0 aliphatic carbocycles. The van der Waals surface area contributed by atoms with Gasteiger partial charge in [-0.2, -0.15) is 5.10 Å². The van der Waals surface area contributed by atoms with Crippen molar-refractivity contribution in [2.75, 3.05) is 19.7 Å². The zero-order valence-electron chi connectivity index (χ0n) is 21.4. The summed E-state index contributed by atoms with van der Waals surface area (Å²) >= 11 is 0. The molecular weight excluding hydrogens is 457 g/mol. The van der Waals surface area contributed by atoms with Crippen LogP contribution in [0.4, 0.5) is 4.39 Å². The molecule has 2 atom stereocenters. The molecule has 0 spiro atoms. The van der Waals surface area contributed by atoms with Gasteiger partial charge in [-0.25, -0.2) is 9.07 Å². The Hall–Kier alpha value is -2.74. The molecule has 0 radical (unpaired) electrons. The summed E-state index contributed by atoms with van der Waals surface area (Å²) in [6.45, 7) is 6.91. The van der Waals surface area contributed by atoms with E-state index in [2.05, 4.69) is 18.7 Å². The van der Waals surface area contributed by atoms with Crippen LogP contribution in [0.15, 0.2) is 54.6 Å². The Kier molecular flexibility index (Phi) is 9.50. The van der Waals surface area contributed by atoms with Gasteiger partial charge in [0, 0.05) is 26.2 Å². The van der Waals surface area contributed by atoms with Gasteiger partial charge >= 0.3 is 0 Å². The molecule has 0 amide bonds. The molecule has 4 rings (SSSR count). The number of ether oxygens (including phenoxy) is 2. The van der Waals surface area contributed by atoms with Gasteiger partial charge in [-0.3, -0.25) is 4.90 Å². The van der Waals surface area contributed by atoms with Crippen molar-refractivity contribution >= 4 is 0 Å². The standard InChI is InChI=1S/C29H38FN3O3/c1-3-5-12-24(34)19-32(20-26-13-9-18-35-26)21-27-28(4-2)31-33(23-10-7-6-8-11-23)29(27)36-25-16-14-22(30)15-17-25/h6-8,10-11,14-17,24,26,34H,3-5,9,12-13,18-21H2,1-2H3/t24-,26+/m0/s1. The van der Waals surface area contributed by atoms with Crippen molar-refractivity contribution in [3.05, 3.63) is 71.7 Å². The van der Waals surface area contributed by atoms with E-state index in [1.54, 1.807) is 12.1 Å². The zero-order valence-corrected chi connectivity index (χ0v) is 21.4. The summed E-state index contributed by atoms with van der Waals surface area (Å²) < 4.78 is 27.7. The Morgan fingerprint density at radius 3 is 2.61 bits per heavy atom. The molecule has 1 saturated heterocycles. The van der Waals surface area contributed by atoms with E-state index >= 15 is 0 Å². The van der Waals surface area contributed by atoms with Crippen molar-refractivity contribution in [3.63, 3.8) is 0 Å². The fraction of sp³-hybridized carbons (Fsp3) is 0.483. The van der Waals surface area contributed by atoms with Gasteiger partial charge < -0.3 is 14.6 Å². The van der Waals surface area contributed by atoms with Gasteiger partial charge in [0.2, 0.25) is 5.88 Å². The quantitative estimate of drug-likeness (QED) is 0.320. The van der Waals surface area contributed by atoms with Crippen LogP contribution in [0.25, 0.3) is 5.69 Å². The number of aromatic nitrogens is 2. The van der Waals surface area contributed by atoms with Gasteiger partial charge in [0.1, 0.15) is 11.6 Å². The van der Waals surface area contributed by atoms with Crippen LogP contribution in [0, 0.1) is 5.82 Å². The highest BCUT2D eigenvalue weighted by atomic mass is 19.1. The van der Waals surface area contributed by atoms with Gasteiger partial charge in [-0.15, -0.1) is 0 Å². The molecule has 36 heavy (non-hydrogen) atoms. The van der Waals surface area contributed by atoms with Gasteiger partial charge in [-0.1, -0.05) is 44.9 Å². The highest BCUT2D eigenvalue weighted by Crippen LogP contribution is 2.33. The summed E-state index contributed by atoms with van der Waals surface area (Å²) in [5, 5.41) is 15.7. The number of aliphatic hydroxyl groups is 1. The summed E-state index contributed by atoms with van der Waals surface area (Å²) in [7, 11) is 0. The lowest BCUT2D eigenvalue weighted by Gasteiger charge is -2.28. The smallest absolute Gasteiger partial charge is 0.227 e. The Morgan fingerprint density at radius 2 is 1.94 bits per heavy atom. The number of para-hydroxylation sites is 1. The fourth-order valence-electron chi connectivity index (χ4n) is 4.72. The van der Waals surface area contributed by atoms with E-state index in [0.717, 1.165) is 68.6 Å². The number of hydrogen-bond donors (Lipinski definition) is 1. The first-order valence-corrected chi connectivity index (χ1v) is 13.2. The molecule has 194 valence electrons. The van der Waals surface area contributed by atoms with E-state index in [4.69, 9.17) is 14.6 Å². The van der Waals surface area contributed by atoms with Crippen molar-refractivity contribution < 1.29 is 19.0 Å². The molecule has 1 aliphatic rings. The maximum Gasteiger partial charge on any atom is 0.227 e. The average Bonchev–Trinajstić information content (AvgIpc) is 3.52. The highest BCUT2D eigenvalue weighted by molar-refractivity contribution is 5.43. The Morgan fingerprint density at radius 1 is 1.17 bits per heavy atom. The van der Waals surface area contributed by atoms with Crippen molar-refractivity contribution in [3.8, 4) is 17.3 Å². The molecule has 7 heteroatoms. The molecule has 1 aliphatic heterocycles. The van der Waals surface area contributed by atoms with E-state index in [1.165, 1.54) is 12.1 Å². The minimum Gasteiger partial charge on any atom is -0.439 e. The predicted octanol–water partition coefficient (Wildman–Crippen LogP) is 5.90. The summed E-state index contributed by atoms with van der Waals surface area (Å²) in [5.74, 6) is 0.855. The average molecular weight is 496 g/mol. The largest absolute Gasteiger partial charge is 0.439 e. The fourth-order valence-corrected chi connectivity index (χ4v) is 4.72. The third kappa shape index (κ3) is 6.93. The molecular formula is C29H38FN3O3. The maximum atomic E-state index is 13.6. The molecule has 6 nitrogen and oxygen atoms in total. The van der Waals surface area contributed by atoms with Gasteiger partial charge in [-0.05, 0) is 62.1 Å². The molecule has 2 aromatic carbocycles. The number of unbranched alkanes of at least 4 members (excludes halogenated alkanes) is 1. The Bertz CT molecular complexity index is 1070. The number of aliphatic hydroxyl groups excluding tert-OH is 1. The minimum atomic E-state index is -0.401. The van der Waals surface area contributed by atoms with Crippen LogP contribution in [0.1, 0.15) is 57.2 Å². The van der Waals surface area contributed by atoms with Crippen molar-refractivity contribution in [1.29, 1.82) is 0 Å². The lowest BCUT2D eigenvalue weighted by molar-refractivity contribution is 0.0433. The normalized spacial score (nSPS) is 16.5. The second-order valence-corrected chi connectivity index (χ2v) is 9.51. The first-order valence-electron chi connectivity index (χ1n) is 13.2. The number of aryl methyl sites for hydroxylation is 1. The number of halogens is 1. The highest BCUT2D eigenvalue weighted by Gasteiger charge is 2.26. The van der Waals surface area contributed by atoms with E-state index < -0.39 is 6.10 Å². The van der Waals surface area contributed by atoms with Crippen LogP contribution in [-0.4, -0.2) is 51.7 Å². The molecule has 0 bridgehead atoms. The van der Waals surface area contributed by atoms with Crippen molar-refractivity contribution in [2.24, 2.45) is 0 Å². The van der Waals surface area contributed by atoms with Crippen LogP contribution in [-0.2, 0) is 17.7 Å². The first-order chi connectivity index (χ1) is 17.6. The number of rotatable bonds is 13. The Labute approximate surface area is 213 Å². The van der Waals surface area contributed by atoms with E-state index in [1.807, 2.05) is 35.0 Å². The molecule has 3 aromatic rings. The third-order valence-corrected chi connectivity index (χ3v) is 6.61. The second kappa shape index (κ2) is 13.0. The van der Waals surface area contributed by atoms with Gasteiger partial charge in [0.15, 0.2) is 0 Å². The summed E-state index contributed by atoms with van der Waals surface area (Å²) in [6, 6.07) is 15.9. The molecule has 2 heterocycles. The monoisotopic (exact) mass is 495 g/mol. The van der Waals surface area contributed by atoms with Crippen LogP contribution >= 0.6 is 0 Å². The minimum absolute atomic E-state index is 0.166. The molecule has 1 aromatic heterocycles. The lowest BCUT2D eigenvalue weighted by Crippen LogP contribution is -2.37. The summed E-state index contributed by atoms with van der Waals surface area (Å²) in [5.41, 5.74) is 2.81. The van der Waals surface area contributed by atoms with Gasteiger partial charge in [0.05, 0.1) is 29.2 Å². The third-order valence-electron chi connectivity index (χ3n) is 6.61. The first kappa shape index (κ1) is 26.3. The number of nitrogens with zero attached hydrogens (tertiary/aromatic N) is 3. The van der Waals surface area contributed by atoms with Crippen molar-refractivity contribution in [2.45, 2.75) is 71.1 Å². The number of benzene rings is 2. The van der Waals surface area contributed by atoms with Crippen LogP contribution in [0.3, 0.4) is 0 Å². The molecule has 1 N–H and O–H groups in total.